The fraction of sp³-hybridized carbons (Fsp3) is 0.636. The van der Waals surface area contributed by atoms with Gasteiger partial charge in [-0.15, -0.1) is 0 Å². The standard InChI is InChI=1S/C11H20N2O3/c1-2-3-4-5-6-10(12)9-13(7-8-14)11(15)16/h3-4,8,10H,2,5-7,9,12H2,1H3,(H,15,16). The minimum atomic E-state index is -1.10. The normalized spacial score (nSPS) is 12.6. The molecule has 92 valence electrons. The lowest BCUT2D eigenvalue weighted by molar-refractivity contribution is -0.108. The molecule has 0 aromatic rings. The topological polar surface area (TPSA) is 83.6 Å². The summed E-state index contributed by atoms with van der Waals surface area (Å²) in [7, 11) is 0. The number of carbonyl (C=O) groups excluding carboxylic acids is 1. The van der Waals surface area contributed by atoms with Gasteiger partial charge in [-0.05, 0) is 19.3 Å². The summed E-state index contributed by atoms with van der Waals surface area (Å²) in [5.41, 5.74) is 5.77. The Balaban J connectivity index is 3.89. The molecular formula is C11H20N2O3. The molecule has 0 bridgehead atoms. The second-order valence-corrected chi connectivity index (χ2v) is 3.57. The van der Waals surface area contributed by atoms with Crippen molar-refractivity contribution in [1.82, 2.24) is 4.90 Å². The van der Waals surface area contributed by atoms with Gasteiger partial charge >= 0.3 is 6.09 Å². The number of nitrogens with zero attached hydrogens (tertiary/aromatic N) is 1. The van der Waals surface area contributed by atoms with Crippen molar-refractivity contribution in [1.29, 1.82) is 0 Å². The maximum Gasteiger partial charge on any atom is 0.407 e. The summed E-state index contributed by atoms with van der Waals surface area (Å²) in [6, 6.07) is -0.224. The lowest BCUT2D eigenvalue weighted by Crippen LogP contribution is -2.41. The third-order valence-electron chi connectivity index (χ3n) is 2.13. The van der Waals surface area contributed by atoms with Gasteiger partial charge in [0, 0.05) is 12.6 Å². The maximum absolute atomic E-state index is 10.7. The van der Waals surface area contributed by atoms with Crippen molar-refractivity contribution in [2.75, 3.05) is 13.1 Å². The Morgan fingerprint density at radius 3 is 2.69 bits per heavy atom. The number of carbonyl (C=O) groups is 2. The molecular weight excluding hydrogens is 208 g/mol. The number of hydrogen-bond acceptors (Lipinski definition) is 3. The zero-order valence-corrected chi connectivity index (χ0v) is 9.63. The molecule has 3 N–H and O–H groups in total. The molecule has 0 aliphatic carbocycles. The van der Waals surface area contributed by atoms with Gasteiger partial charge in [0.1, 0.15) is 6.29 Å². The molecule has 0 spiro atoms. The minimum Gasteiger partial charge on any atom is -0.465 e. The van der Waals surface area contributed by atoms with Crippen LogP contribution in [-0.4, -0.2) is 41.5 Å². The van der Waals surface area contributed by atoms with E-state index in [9.17, 15) is 9.59 Å². The van der Waals surface area contributed by atoms with Gasteiger partial charge in [-0.2, -0.15) is 0 Å². The van der Waals surface area contributed by atoms with Crippen LogP contribution in [0.2, 0.25) is 0 Å². The van der Waals surface area contributed by atoms with E-state index in [4.69, 9.17) is 10.8 Å². The molecule has 0 saturated heterocycles. The minimum absolute atomic E-state index is 0.117. The van der Waals surface area contributed by atoms with E-state index in [1.165, 1.54) is 0 Å². The molecule has 16 heavy (non-hydrogen) atoms. The van der Waals surface area contributed by atoms with Crippen LogP contribution >= 0.6 is 0 Å². The van der Waals surface area contributed by atoms with Crippen LogP contribution < -0.4 is 5.73 Å². The van der Waals surface area contributed by atoms with Crippen molar-refractivity contribution in [3.63, 3.8) is 0 Å². The molecule has 0 aromatic carbocycles. The predicted molar refractivity (Wildman–Crippen MR) is 62.3 cm³/mol. The van der Waals surface area contributed by atoms with E-state index in [0.717, 1.165) is 24.2 Å². The smallest absolute Gasteiger partial charge is 0.407 e. The van der Waals surface area contributed by atoms with E-state index < -0.39 is 6.09 Å². The van der Waals surface area contributed by atoms with Crippen molar-refractivity contribution >= 4 is 12.4 Å². The summed E-state index contributed by atoms with van der Waals surface area (Å²) >= 11 is 0. The van der Waals surface area contributed by atoms with Gasteiger partial charge in [0.15, 0.2) is 0 Å². The van der Waals surface area contributed by atoms with Gasteiger partial charge in [0.25, 0.3) is 0 Å². The molecule has 0 heterocycles. The Labute approximate surface area is 95.9 Å². The Hall–Kier alpha value is -1.36. The van der Waals surface area contributed by atoms with Crippen LogP contribution in [0.1, 0.15) is 26.2 Å². The quantitative estimate of drug-likeness (QED) is 0.483. The van der Waals surface area contributed by atoms with E-state index in [2.05, 4.69) is 0 Å². The first-order valence-electron chi connectivity index (χ1n) is 5.43. The van der Waals surface area contributed by atoms with Gasteiger partial charge in [0.2, 0.25) is 0 Å². The van der Waals surface area contributed by atoms with Crippen molar-refractivity contribution < 1.29 is 14.7 Å². The van der Waals surface area contributed by atoms with Crippen LogP contribution in [0.5, 0.6) is 0 Å². The van der Waals surface area contributed by atoms with Gasteiger partial charge < -0.3 is 15.6 Å². The monoisotopic (exact) mass is 228 g/mol. The highest BCUT2D eigenvalue weighted by Gasteiger charge is 2.14. The number of amides is 1. The molecule has 1 amide bonds. The second kappa shape index (κ2) is 8.91. The van der Waals surface area contributed by atoms with Crippen LogP contribution in [0.4, 0.5) is 4.79 Å². The van der Waals surface area contributed by atoms with Crippen molar-refractivity contribution in [3.8, 4) is 0 Å². The highest BCUT2D eigenvalue weighted by atomic mass is 16.4. The second-order valence-electron chi connectivity index (χ2n) is 3.57. The molecule has 1 atom stereocenters. The summed E-state index contributed by atoms with van der Waals surface area (Å²) in [5, 5.41) is 8.76. The van der Waals surface area contributed by atoms with Crippen LogP contribution in [-0.2, 0) is 4.79 Å². The summed E-state index contributed by atoms with van der Waals surface area (Å²) in [4.78, 5) is 22.0. The highest BCUT2D eigenvalue weighted by Crippen LogP contribution is 2.00. The molecule has 0 aliphatic heterocycles. The van der Waals surface area contributed by atoms with Crippen LogP contribution in [0.3, 0.4) is 0 Å². The lowest BCUT2D eigenvalue weighted by Gasteiger charge is -2.20. The molecule has 0 radical (unpaired) electrons. The molecule has 0 rings (SSSR count). The zero-order chi connectivity index (χ0) is 12.4. The van der Waals surface area contributed by atoms with Gasteiger partial charge in [-0.3, -0.25) is 4.90 Å². The lowest BCUT2D eigenvalue weighted by atomic mass is 10.1. The SMILES string of the molecule is CCC=CCCC(N)CN(CC=O)C(=O)O. The summed E-state index contributed by atoms with van der Waals surface area (Å²) in [6.45, 7) is 2.13. The number of carboxylic acid groups (broad SMARTS) is 1. The Morgan fingerprint density at radius 1 is 1.50 bits per heavy atom. The molecule has 5 heteroatoms. The predicted octanol–water partition coefficient (Wildman–Crippen LogP) is 1.24. The van der Waals surface area contributed by atoms with E-state index >= 15 is 0 Å². The third-order valence-corrected chi connectivity index (χ3v) is 2.13. The number of aldehydes is 1. The number of rotatable bonds is 8. The average molecular weight is 228 g/mol. The van der Waals surface area contributed by atoms with E-state index in [1.54, 1.807) is 0 Å². The Morgan fingerprint density at radius 2 is 2.19 bits per heavy atom. The highest BCUT2D eigenvalue weighted by molar-refractivity contribution is 5.69. The Bertz CT molecular complexity index is 241. The summed E-state index contributed by atoms with van der Waals surface area (Å²) in [6.07, 6.45) is 6.09. The molecule has 1 unspecified atom stereocenters. The largest absolute Gasteiger partial charge is 0.465 e. The fourth-order valence-corrected chi connectivity index (χ4v) is 1.29. The molecule has 0 saturated carbocycles. The first-order valence-corrected chi connectivity index (χ1v) is 5.43. The first kappa shape index (κ1) is 14.6. The summed E-state index contributed by atoms with van der Waals surface area (Å²) in [5.74, 6) is 0. The van der Waals surface area contributed by atoms with Gasteiger partial charge in [0.05, 0.1) is 6.54 Å². The molecule has 5 nitrogen and oxygen atoms in total. The van der Waals surface area contributed by atoms with E-state index in [1.807, 2.05) is 19.1 Å². The van der Waals surface area contributed by atoms with Crippen molar-refractivity contribution in [2.24, 2.45) is 5.73 Å². The molecule has 0 aromatic heterocycles. The van der Waals surface area contributed by atoms with Crippen molar-refractivity contribution in [2.45, 2.75) is 32.2 Å². The van der Waals surface area contributed by atoms with Gasteiger partial charge in [-0.1, -0.05) is 19.1 Å². The van der Waals surface area contributed by atoms with Crippen LogP contribution in [0.25, 0.3) is 0 Å². The Kier molecular flexibility index (Phi) is 8.15. The maximum atomic E-state index is 10.7. The van der Waals surface area contributed by atoms with Crippen LogP contribution in [0, 0.1) is 0 Å². The van der Waals surface area contributed by atoms with Crippen molar-refractivity contribution in [3.05, 3.63) is 12.2 Å². The van der Waals surface area contributed by atoms with Gasteiger partial charge in [-0.25, -0.2) is 4.79 Å². The molecule has 0 aliphatic rings. The molecule has 0 fully saturated rings. The number of nitrogens with two attached hydrogens (primary N) is 1. The number of allylic oxidation sites excluding steroid dienone is 2. The fourth-order valence-electron chi connectivity index (χ4n) is 1.29. The first-order chi connectivity index (χ1) is 7.61. The number of hydrogen-bond donors (Lipinski definition) is 2. The third kappa shape index (κ3) is 7.00. The average Bonchev–Trinajstić information content (AvgIpc) is 2.23. The van der Waals surface area contributed by atoms with Crippen LogP contribution in [0.15, 0.2) is 12.2 Å². The van der Waals surface area contributed by atoms with E-state index in [-0.39, 0.29) is 19.1 Å². The zero-order valence-electron chi connectivity index (χ0n) is 9.63. The summed E-state index contributed by atoms with van der Waals surface area (Å²) < 4.78 is 0. The van der Waals surface area contributed by atoms with E-state index in [0.29, 0.717) is 6.29 Å².